The van der Waals surface area contributed by atoms with Gasteiger partial charge >= 0.3 is 0 Å². The molecule has 106 valence electrons. The van der Waals surface area contributed by atoms with E-state index < -0.39 is 0 Å². The normalized spacial score (nSPS) is 16.8. The number of benzene rings is 1. The van der Waals surface area contributed by atoms with Crippen LogP contribution in [-0.4, -0.2) is 35.1 Å². The zero-order valence-electron chi connectivity index (χ0n) is 11.4. The number of thiophene rings is 1. The first kappa shape index (κ1) is 13.4. The third-order valence-electron chi connectivity index (χ3n) is 3.83. The lowest BCUT2D eigenvalue weighted by molar-refractivity contribution is 0.0551. The van der Waals surface area contributed by atoms with Crippen LogP contribution in [0.15, 0.2) is 18.2 Å². The number of hydrogen-bond acceptors (Lipinski definition) is 4. The SMILES string of the molecule is Cc1ccc2sc(C(=O)N3CCC(O)CC3)c(N)c2c1. The van der Waals surface area contributed by atoms with Crippen molar-refractivity contribution >= 4 is 33.0 Å². The summed E-state index contributed by atoms with van der Waals surface area (Å²) in [6, 6.07) is 6.07. The van der Waals surface area contributed by atoms with Gasteiger partial charge in [0.1, 0.15) is 4.88 Å². The van der Waals surface area contributed by atoms with E-state index in [1.807, 2.05) is 25.1 Å². The third kappa shape index (κ3) is 2.27. The van der Waals surface area contributed by atoms with Crippen LogP contribution < -0.4 is 5.73 Å². The van der Waals surface area contributed by atoms with E-state index in [0.717, 1.165) is 15.6 Å². The fourth-order valence-corrected chi connectivity index (χ4v) is 3.67. The molecule has 0 radical (unpaired) electrons. The molecule has 3 rings (SSSR count). The van der Waals surface area contributed by atoms with Crippen molar-refractivity contribution in [2.45, 2.75) is 25.9 Å². The lowest BCUT2D eigenvalue weighted by atomic mass is 10.1. The number of hydrogen-bond donors (Lipinski definition) is 2. The number of aliphatic hydroxyl groups is 1. The Kier molecular flexibility index (Phi) is 3.40. The number of amides is 1. The molecule has 0 spiro atoms. The Balaban J connectivity index is 1.93. The van der Waals surface area contributed by atoms with Crippen molar-refractivity contribution in [1.29, 1.82) is 0 Å². The number of aliphatic hydroxyl groups excluding tert-OH is 1. The van der Waals surface area contributed by atoms with Crippen LogP contribution in [0.25, 0.3) is 10.1 Å². The Hall–Kier alpha value is -1.59. The van der Waals surface area contributed by atoms with E-state index >= 15 is 0 Å². The van der Waals surface area contributed by atoms with Crippen LogP contribution in [0, 0.1) is 6.92 Å². The molecule has 4 nitrogen and oxygen atoms in total. The summed E-state index contributed by atoms with van der Waals surface area (Å²) in [5, 5.41) is 10.5. The number of nitrogen functional groups attached to an aromatic ring is 1. The zero-order chi connectivity index (χ0) is 14.3. The fourth-order valence-electron chi connectivity index (χ4n) is 2.60. The lowest BCUT2D eigenvalue weighted by Gasteiger charge is -2.29. The second-order valence-electron chi connectivity index (χ2n) is 5.37. The summed E-state index contributed by atoms with van der Waals surface area (Å²) in [7, 11) is 0. The number of nitrogens with two attached hydrogens (primary N) is 1. The number of carbonyl (C=O) groups is 1. The predicted molar refractivity (Wildman–Crippen MR) is 82.1 cm³/mol. The number of piperidine rings is 1. The maximum atomic E-state index is 12.6. The largest absolute Gasteiger partial charge is 0.397 e. The van der Waals surface area contributed by atoms with Gasteiger partial charge in [0, 0.05) is 23.2 Å². The monoisotopic (exact) mass is 290 g/mol. The molecule has 0 aliphatic carbocycles. The molecule has 0 bridgehead atoms. The Morgan fingerprint density at radius 3 is 2.80 bits per heavy atom. The minimum atomic E-state index is -0.276. The molecule has 2 aromatic rings. The number of anilines is 1. The Morgan fingerprint density at radius 2 is 2.10 bits per heavy atom. The van der Waals surface area contributed by atoms with Crippen molar-refractivity contribution in [3.05, 3.63) is 28.6 Å². The smallest absolute Gasteiger partial charge is 0.266 e. The topological polar surface area (TPSA) is 66.6 Å². The van der Waals surface area contributed by atoms with Crippen molar-refractivity contribution in [3.8, 4) is 0 Å². The molecule has 0 saturated carbocycles. The van der Waals surface area contributed by atoms with Gasteiger partial charge in [0.05, 0.1) is 11.8 Å². The van der Waals surface area contributed by atoms with E-state index in [4.69, 9.17) is 5.73 Å². The molecule has 3 N–H and O–H groups in total. The summed E-state index contributed by atoms with van der Waals surface area (Å²) in [6.07, 6.45) is 1.02. The van der Waals surface area contributed by atoms with Gasteiger partial charge in [0.2, 0.25) is 0 Å². The van der Waals surface area contributed by atoms with E-state index in [0.29, 0.717) is 36.5 Å². The molecule has 1 amide bonds. The van der Waals surface area contributed by atoms with Gasteiger partial charge in [0.25, 0.3) is 5.91 Å². The predicted octanol–water partition coefficient (Wildman–Crippen LogP) is 2.39. The summed E-state index contributed by atoms with van der Waals surface area (Å²) >= 11 is 1.46. The number of likely N-dealkylation sites (tertiary alicyclic amines) is 1. The Labute approximate surface area is 121 Å². The molecule has 1 saturated heterocycles. The van der Waals surface area contributed by atoms with Crippen molar-refractivity contribution in [3.63, 3.8) is 0 Å². The van der Waals surface area contributed by atoms with E-state index in [1.165, 1.54) is 11.3 Å². The van der Waals surface area contributed by atoms with Crippen LogP contribution in [0.2, 0.25) is 0 Å². The highest BCUT2D eigenvalue weighted by Gasteiger charge is 2.25. The standard InChI is InChI=1S/C15H18N2O2S/c1-9-2-3-12-11(8-9)13(16)14(20-12)15(19)17-6-4-10(18)5-7-17/h2-3,8,10,18H,4-7,16H2,1H3. The summed E-state index contributed by atoms with van der Waals surface area (Å²) in [6.45, 7) is 3.23. The molecule has 2 heterocycles. The van der Waals surface area contributed by atoms with E-state index in [-0.39, 0.29) is 12.0 Å². The number of rotatable bonds is 1. The highest BCUT2D eigenvalue weighted by Crippen LogP contribution is 2.35. The number of carbonyl (C=O) groups excluding carboxylic acids is 1. The second-order valence-corrected chi connectivity index (χ2v) is 6.42. The maximum absolute atomic E-state index is 12.6. The molecule has 1 aliphatic heterocycles. The molecular formula is C15H18N2O2S. The third-order valence-corrected chi connectivity index (χ3v) is 5.00. The minimum Gasteiger partial charge on any atom is -0.397 e. The molecule has 1 fully saturated rings. The average Bonchev–Trinajstić information content (AvgIpc) is 2.76. The van der Waals surface area contributed by atoms with Crippen molar-refractivity contribution in [1.82, 2.24) is 4.90 Å². The first-order valence-electron chi connectivity index (χ1n) is 6.82. The summed E-state index contributed by atoms with van der Waals surface area (Å²) in [4.78, 5) is 15.0. The quantitative estimate of drug-likeness (QED) is 0.847. The summed E-state index contributed by atoms with van der Waals surface area (Å²) in [5.74, 6) is -0.00625. The van der Waals surface area contributed by atoms with Gasteiger partial charge in [-0.1, -0.05) is 11.6 Å². The Morgan fingerprint density at radius 1 is 1.40 bits per heavy atom. The van der Waals surface area contributed by atoms with Gasteiger partial charge in [-0.25, -0.2) is 0 Å². The van der Waals surface area contributed by atoms with Gasteiger partial charge in [-0.05, 0) is 31.9 Å². The summed E-state index contributed by atoms with van der Waals surface area (Å²) < 4.78 is 1.05. The van der Waals surface area contributed by atoms with E-state index in [9.17, 15) is 9.90 Å². The van der Waals surface area contributed by atoms with Crippen LogP contribution in [0.1, 0.15) is 28.1 Å². The van der Waals surface area contributed by atoms with Gasteiger partial charge < -0.3 is 15.7 Å². The first-order chi connectivity index (χ1) is 9.56. The van der Waals surface area contributed by atoms with Gasteiger partial charge in [-0.2, -0.15) is 0 Å². The maximum Gasteiger partial charge on any atom is 0.266 e. The molecule has 20 heavy (non-hydrogen) atoms. The van der Waals surface area contributed by atoms with E-state index in [1.54, 1.807) is 4.90 Å². The van der Waals surface area contributed by atoms with Crippen LogP contribution in [-0.2, 0) is 0 Å². The molecule has 1 aromatic heterocycles. The van der Waals surface area contributed by atoms with Crippen LogP contribution in [0.5, 0.6) is 0 Å². The van der Waals surface area contributed by atoms with Crippen molar-refractivity contribution in [2.24, 2.45) is 0 Å². The number of fused-ring (bicyclic) bond motifs is 1. The first-order valence-corrected chi connectivity index (χ1v) is 7.64. The Bertz CT molecular complexity index is 657. The molecule has 1 aromatic carbocycles. The van der Waals surface area contributed by atoms with Gasteiger partial charge in [0.15, 0.2) is 0 Å². The molecule has 5 heteroatoms. The second kappa shape index (κ2) is 5.07. The van der Waals surface area contributed by atoms with Crippen molar-refractivity contribution < 1.29 is 9.90 Å². The number of aryl methyl sites for hydroxylation is 1. The fraction of sp³-hybridized carbons (Fsp3) is 0.400. The molecule has 0 atom stereocenters. The average molecular weight is 290 g/mol. The minimum absolute atomic E-state index is 0.00625. The molecule has 1 aliphatic rings. The van der Waals surface area contributed by atoms with Gasteiger partial charge in [-0.15, -0.1) is 11.3 Å². The van der Waals surface area contributed by atoms with Gasteiger partial charge in [-0.3, -0.25) is 4.79 Å². The highest BCUT2D eigenvalue weighted by atomic mass is 32.1. The molecule has 0 unspecified atom stereocenters. The lowest BCUT2D eigenvalue weighted by Crippen LogP contribution is -2.39. The van der Waals surface area contributed by atoms with Crippen molar-refractivity contribution in [2.75, 3.05) is 18.8 Å². The summed E-state index contributed by atoms with van der Waals surface area (Å²) in [5.41, 5.74) is 7.88. The number of nitrogens with zero attached hydrogens (tertiary/aromatic N) is 1. The highest BCUT2D eigenvalue weighted by molar-refractivity contribution is 7.21. The van der Waals surface area contributed by atoms with Crippen LogP contribution >= 0.6 is 11.3 Å². The zero-order valence-corrected chi connectivity index (χ0v) is 12.2. The molecular weight excluding hydrogens is 272 g/mol. The van der Waals surface area contributed by atoms with E-state index in [2.05, 4.69) is 0 Å². The van der Waals surface area contributed by atoms with Crippen LogP contribution in [0.4, 0.5) is 5.69 Å². The van der Waals surface area contributed by atoms with Crippen LogP contribution in [0.3, 0.4) is 0 Å².